The summed E-state index contributed by atoms with van der Waals surface area (Å²) < 4.78 is 0. The molecule has 0 radical (unpaired) electrons. The van der Waals surface area contributed by atoms with Crippen LogP contribution in [0.25, 0.3) is 0 Å². The Morgan fingerprint density at radius 1 is 0.625 bits per heavy atom. The highest BCUT2D eigenvalue weighted by Gasteiger charge is 2.00. The summed E-state index contributed by atoms with van der Waals surface area (Å²) in [5.41, 5.74) is 0. The number of hydrogen-bond donors (Lipinski definition) is 1. The fraction of sp³-hybridized carbons (Fsp3) is 1.00. The lowest BCUT2D eigenvalue weighted by Crippen LogP contribution is -3.09. The molecule has 1 nitrogen and oxygen atoms in total. The predicted octanol–water partition coefficient (Wildman–Crippen LogP) is 0.0558. The van der Waals surface area contributed by atoms with Crippen LogP contribution >= 0.6 is 0 Å². The lowest BCUT2D eigenvalue weighted by atomic mass is 10.1. The van der Waals surface area contributed by atoms with Crippen LogP contribution in [0.2, 0.25) is 0 Å². The van der Waals surface area contributed by atoms with Crippen LogP contribution in [0.4, 0.5) is 0 Å². The summed E-state index contributed by atoms with van der Waals surface area (Å²) in [4.78, 5) is 1.74. The summed E-state index contributed by atoms with van der Waals surface area (Å²) in [6.07, 6.45) is 12.8. The minimum Gasteiger partial charge on any atom is -1.00 e. The van der Waals surface area contributed by atoms with Crippen molar-refractivity contribution in [1.29, 1.82) is 0 Å². The molecule has 100 valence electrons. The summed E-state index contributed by atoms with van der Waals surface area (Å²) in [6.45, 7) is 7.33. The minimum absolute atomic E-state index is 0. The topological polar surface area (TPSA) is 4.44 Å². The summed E-state index contributed by atoms with van der Waals surface area (Å²) in [5, 5.41) is 0. The SMILES string of the molecule is CCCCCCCC[NH+](C)CCCCC.[I-]. The van der Waals surface area contributed by atoms with Gasteiger partial charge in [0.05, 0.1) is 20.1 Å². The van der Waals surface area contributed by atoms with E-state index in [0.717, 1.165) is 0 Å². The maximum Gasteiger partial charge on any atom is 0.0768 e. The zero-order valence-corrected chi connectivity index (χ0v) is 13.8. The molecular formula is C14H32IN. The number of hydrogen-bond acceptors (Lipinski definition) is 0. The van der Waals surface area contributed by atoms with Crippen LogP contribution in [0, 0.1) is 0 Å². The summed E-state index contributed by atoms with van der Waals surface area (Å²) >= 11 is 0. The summed E-state index contributed by atoms with van der Waals surface area (Å²) in [5.74, 6) is 0. The van der Waals surface area contributed by atoms with Gasteiger partial charge in [-0.05, 0) is 25.7 Å². The molecule has 0 aliphatic heterocycles. The second kappa shape index (κ2) is 15.7. The molecule has 0 saturated carbocycles. The molecule has 1 N–H and O–H groups in total. The van der Waals surface area contributed by atoms with Crippen molar-refractivity contribution in [2.75, 3.05) is 20.1 Å². The molecule has 1 atom stereocenters. The largest absolute Gasteiger partial charge is 1.00 e. The predicted molar refractivity (Wildman–Crippen MR) is 69.5 cm³/mol. The van der Waals surface area contributed by atoms with E-state index in [1.54, 1.807) is 4.90 Å². The molecule has 0 rings (SSSR count). The second-order valence-electron chi connectivity index (χ2n) is 4.93. The van der Waals surface area contributed by atoms with E-state index in [-0.39, 0.29) is 24.0 Å². The Morgan fingerprint density at radius 3 is 1.56 bits per heavy atom. The van der Waals surface area contributed by atoms with E-state index >= 15 is 0 Å². The van der Waals surface area contributed by atoms with Gasteiger partial charge in [0.15, 0.2) is 0 Å². The Hall–Kier alpha value is 0.690. The van der Waals surface area contributed by atoms with E-state index in [1.807, 2.05) is 0 Å². The van der Waals surface area contributed by atoms with Crippen molar-refractivity contribution in [3.05, 3.63) is 0 Å². The zero-order valence-electron chi connectivity index (χ0n) is 11.7. The smallest absolute Gasteiger partial charge is 0.0768 e. The first-order chi connectivity index (χ1) is 7.31. The molecule has 0 aliphatic rings. The van der Waals surface area contributed by atoms with Gasteiger partial charge < -0.3 is 28.9 Å². The molecule has 2 heteroatoms. The van der Waals surface area contributed by atoms with Crippen LogP contribution < -0.4 is 28.9 Å². The molecule has 0 aromatic rings. The van der Waals surface area contributed by atoms with E-state index in [1.165, 1.54) is 70.9 Å². The molecule has 1 unspecified atom stereocenters. The van der Waals surface area contributed by atoms with Gasteiger partial charge in [-0.2, -0.15) is 0 Å². The van der Waals surface area contributed by atoms with Gasteiger partial charge in [0.2, 0.25) is 0 Å². The molecule has 0 saturated heterocycles. The van der Waals surface area contributed by atoms with Crippen molar-refractivity contribution in [1.82, 2.24) is 0 Å². The molecule has 0 spiro atoms. The van der Waals surface area contributed by atoms with Crippen molar-refractivity contribution in [3.8, 4) is 0 Å². The number of halogens is 1. The highest BCUT2D eigenvalue weighted by molar-refractivity contribution is 4.42. The third-order valence-electron chi connectivity index (χ3n) is 3.16. The van der Waals surface area contributed by atoms with E-state index in [9.17, 15) is 0 Å². The molecule has 0 aromatic carbocycles. The molecular weight excluding hydrogens is 309 g/mol. The Bertz CT molecular complexity index is 117. The molecule has 0 bridgehead atoms. The molecule has 0 aromatic heterocycles. The van der Waals surface area contributed by atoms with Gasteiger partial charge in [0.1, 0.15) is 0 Å². The normalized spacial score (nSPS) is 12.2. The first kappa shape index (κ1) is 19.0. The monoisotopic (exact) mass is 341 g/mol. The van der Waals surface area contributed by atoms with Crippen molar-refractivity contribution in [2.45, 2.75) is 71.6 Å². The van der Waals surface area contributed by atoms with Crippen LogP contribution in [0.1, 0.15) is 71.6 Å². The van der Waals surface area contributed by atoms with Crippen LogP contribution in [-0.2, 0) is 0 Å². The lowest BCUT2D eigenvalue weighted by molar-refractivity contribution is -0.880. The third-order valence-corrected chi connectivity index (χ3v) is 3.16. The molecule has 0 aliphatic carbocycles. The molecule has 0 fully saturated rings. The Morgan fingerprint density at radius 2 is 1.00 bits per heavy atom. The van der Waals surface area contributed by atoms with E-state index in [0.29, 0.717) is 0 Å². The van der Waals surface area contributed by atoms with Gasteiger partial charge in [0.25, 0.3) is 0 Å². The quantitative estimate of drug-likeness (QED) is 0.400. The van der Waals surface area contributed by atoms with Gasteiger partial charge in [-0.15, -0.1) is 0 Å². The van der Waals surface area contributed by atoms with E-state index in [4.69, 9.17) is 0 Å². The van der Waals surface area contributed by atoms with Crippen molar-refractivity contribution >= 4 is 0 Å². The highest BCUT2D eigenvalue weighted by Crippen LogP contribution is 2.03. The Labute approximate surface area is 120 Å². The average molecular weight is 341 g/mol. The van der Waals surface area contributed by atoms with Crippen LogP contribution in [0.5, 0.6) is 0 Å². The summed E-state index contributed by atoms with van der Waals surface area (Å²) in [7, 11) is 2.35. The van der Waals surface area contributed by atoms with Crippen molar-refractivity contribution < 1.29 is 28.9 Å². The Balaban J connectivity index is 0. The first-order valence-electron chi connectivity index (χ1n) is 7.12. The molecule has 16 heavy (non-hydrogen) atoms. The maximum atomic E-state index is 2.35. The fourth-order valence-electron chi connectivity index (χ4n) is 2.01. The lowest BCUT2D eigenvalue weighted by Gasteiger charge is -2.13. The average Bonchev–Trinajstić information content (AvgIpc) is 2.23. The summed E-state index contributed by atoms with van der Waals surface area (Å²) in [6, 6.07) is 0. The Kier molecular flexibility index (Phi) is 18.7. The minimum atomic E-state index is 0. The standard InChI is InChI=1S/C14H31N.HI/c1-4-6-8-9-10-12-14-15(3)13-11-7-5-2;/h4-14H2,1-3H3;1H. The van der Waals surface area contributed by atoms with Crippen LogP contribution in [0.15, 0.2) is 0 Å². The van der Waals surface area contributed by atoms with Crippen molar-refractivity contribution in [2.24, 2.45) is 0 Å². The van der Waals surface area contributed by atoms with Gasteiger partial charge in [-0.25, -0.2) is 0 Å². The zero-order chi connectivity index (χ0) is 11.4. The maximum absolute atomic E-state index is 2.35. The molecule has 0 heterocycles. The van der Waals surface area contributed by atoms with Crippen LogP contribution in [0.3, 0.4) is 0 Å². The van der Waals surface area contributed by atoms with Gasteiger partial charge in [0, 0.05) is 0 Å². The first-order valence-corrected chi connectivity index (χ1v) is 7.12. The highest BCUT2D eigenvalue weighted by atomic mass is 127. The molecule has 0 amide bonds. The number of nitrogens with one attached hydrogen (secondary N) is 1. The third kappa shape index (κ3) is 14.7. The fourth-order valence-corrected chi connectivity index (χ4v) is 2.01. The van der Waals surface area contributed by atoms with Crippen LogP contribution in [-0.4, -0.2) is 20.1 Å². The van der Waals surface area contributed by atoms with Gasteiger partial charge in [-0.1, -0.05) is 46.0 Å². The van der Waals surface area contributed by atoms with Gasteiger partial charge in [-0.3, -0.25) is 0 Å². The van der Waals surface area contributed by atoms with Gasteiger partial charge >= 0.3 is 0 Å². The number of unbranched alkanes of at least 4 members (excludes halogenated alkanes) is 7. The van der Waals surface area contributed by atoms with Crippen molar-refractivity contribution in [3.63, 3.8) is 0 Å². The number of rotatable bonds is 11. The van der Waals surface area contributed by atoms with E-state index in [2.05, 4.69) is 20.9 Å². The van der Waals surface area contributed by atoms with E-state index < -0.39 is 0 Å². The second-order valence-corrected chi connectivity index (χ2v) is 4.93. The number of quaternary nitrogens is 1.